The molecule has 1 aliphatic heterocycles. The van der Waals surface area contributed by atoms with Crippen LogP contribution in [0, 0.1) is 11.3 Å². The third-order valence-electron chi connectivity index (χ3n) is 6.12. The summed E-state index contributed by atoms with van der Waals surface area (Å²) in [5, 5.41) is 1.24. The van der Waals surface area contributed by atoms with Crippen molar-refractivity contribution in [2.75, 3.05) is 30.3 Å². The van der Waals surface area contributed by atoms with E-state index < -0.39 is 0 Å². The number of rotatable bonds is 6. The Hall–Kier alpha value is -1.82. The van der Waals surface area contributed by atoms with E-state index in [0.717, 1.165) is 53.7 Å². The third-order valence-corrected chi connectivity index (χ3v) is 8.11. The number of hydrogen-bond donors (Lipinski definition) is 1. The van der Waals surface area contributed by atoms with Crippen molar-refractivity contribution in [3.05, 3.63) is 58.7 Å². The van der Waals surface area contributed by atoms with E-state index in [4.69, 9.17) is 28.9 Å². The standard InChI is InChI=1S/C26H33Cl2N3OS/c1-17(26(3,4)5)31(16-19-11-13-30(14-12-19)18(2)32)24-10-9-20(15-23(24)29)33-25-21(27)7-6-8-22(25)28/h6-10,15,19H,1,11-14,16,29H2,2-5H3. The fourth-order valence-corrected chi connectivity index (χ4v) is 5.50. The van der Waals surface area contributed by atoms with Crippen LogP contribution >= 0.6 is 35.0 Å². The van der Waals surface area contributed by atoms with Crippen LogP contribution in [0.25, 0.3) is 0 Å². The highest BCUT2D eigenvalue weighted by molar-refractivity contribution is 7.99. The molecule has 0 saturated carbocycles. The Labute approximate surface area is 212 Å². The molecule has 3 rings (SSSR count). The summed E-state index contributed by atoms with van der Waals surface area (Å²) >= 11 is 14.2. The van der Waals surface area contributed by atoms with Gasteiger partial charge in [0.25, 0.3) is 0 Å². The molecule has 2 aromatic carbocycles. The molecule has 4 nitrogen and oxygen atoms in total. The zero-order valence-corrected chi connectivity index (χ0v) is 22.2. The molecule has 1 fully saturated rings. The van der Waals surface area contributed by atoms with E-state index in [9.17, 15) is 4.79 Å². The number of amides is 1. The number of hydrogen-bond acceptors (Lipinski definition) is 4. The lowest BCUT2D eigenvalue weighted by molar-refractivity contribution is -0.130. The van der Waals surface area contributed by atoms with Gasteiger partial charge in [-0.2, -0.15) is 0 Å². The fourth-order valence-electron chi connectivity index (χ4n) is 3.99. The smallest absolute Gasteiger partial charge is 0.219 e. The van der Waals surface area contributed by atoms with Gasteiger partial charge in [0.05, 0.1) is 21.4 Å². The van der Waals surface area contributed by atoms with Gasteiger partial charge in [-0.15, -0.1) is 0 Å². The minimum absolute atomic E-state index is 0.106. The van der Waals surface area contributed by atoms with E-state index in [1.54, 1.807) is 6.92 Å². The monoisotopic (exact) mass is 505 g/mol. The first-order valence-electron chi connectivity index (χ1n) is 11.2. The number of halogens is 2. The second kappa shape index (κ2) is 10.6. The number of likely N-dealkylation sites (tertiary alicyclic amines) is 1. The predicted molar refractivity (Wildman–Crippen MR) is 142 cm³/mol. The van der Waals surface area contributed by atoms with E-state index in [1.807, 2.05) is 29.2 Å². The first-order chi connectivity index (χ1) is 15.5. The van der Waals surface area contributed by atoms with Crippen LogP contribution in [-0.4, -0.2) is 30.4 Å². The summed E-state index contributed by atoms with van der Waals surface area (Å²) in [6, 6.07) is 11.6. The van der Waals surface area contributed by atoms with Gasteiger partial charge in [-0.3, -0.25) is 4.79 Å². The molecule has 2 aromatic rings. The molecule has 0 atom stereocenters. The lowest BCUT2D eigenvalue weighted by atomic mass is 9.89. The molecule has 0 unspecified atom stereocenters. The van der Waals surface area contributed by atoms with Gasteiger partial charge in [-0.25, -0.2) is 0 Å². The maximum atomic E-state index is 11.7. The summed E-state index contributed by atoms with van der Waals surface area (Å²) in [6.07, 6.45) is 1.96. The minimum Gasteiger partial charge on any atom is -0.397 e. The number of benzene rings is 2. The van der Waals surface area contributed by atoms with Gasteiger partial charge in [0.15, 0.2) is 0 Å². The first kappa shape index (κ1) is 25.8. The van der Waals surface area contributed by atoms with E-state index >= 15 is 0 Å². The van der Waals surface area contributed by atoms with E-state index in [0.29, 0.717) is 21.7 Å². The number of nitrogens with two attached hydrogens (primary N) is 1. The van der Waals surface area contributed by atoms with Crippen molar-refractivity contribution in [2.45, 2.75) is 50.3 Å². The molecule has 2 N–H and O–H groups in total. The topological polar surface area (TPSA) is 49.6 Å². The highest BCUT2D eigenvalue weighted by atomic mass is 35.5. The zero-order valence-electron chi connectivity index (χ0n) is 19.8. The average Bonchev–Trinajstić information content (AvgIpc) is 2.74. The maximum absolute atomic E-state index is 11.7. The second-order valence-electron chi connectivity index (χ2n) is 9.63. The van der Waals surface area contributed by atoms with Crippen LogP contribution in [0.5, 0.6) is 0 Å². The minimum atomic E-state index is -0.106. The van der Waals surface area contributed by atoms with Crippen LogP contribution < -0.4 is 10.6 Å². The molecule has 1 heterocycles. The van der Waals surface area contributed by atoms with Crippen molar-refractivity contribution in [1.82, 2.24) is 4.90 Å². The number of piperidine rings is 1. The van der Waals surface area contributed by atoms with E-state index in [2.05, 4.69) is 44.4 Å². The molecule has 0 radical (unpaired) electrons. The van der Waals surface area contributed by atoms with Gasteiger partial charge < -0.3 is 15.5 Å². The van der Waals surface area contributed by atoms with Crippen molar-refractivity contribution in [3.8, 4) is 0 Å². The van der Waals surface area contributed by atoms with Crippen LogP contribution in [-0.2, 0) is 4.79 Å². The quantitative estimate of drug-likeness (QED) is 0.416. The Morgan fingerprint density at radius 1 is 1.18 bits per heavy atom. The number of carbonyl (C=O) groups excluding carboxylic acids is 1. The Kier molecular flexibility index (Phi) is 8.31. The van der Waals surface area contributed by atoms with Gasteiger partial charge in [0.2, 0.25) is 5.91 Å². The number of carbonyl (C=O) groups is 1. The van der Waals surface area contributed by atoms with Crippen LogP contribution in [0.1, 0.15) is 40.5 Å². The highest BCUT2D eigenvalue weighted by Gasteiger charge is 2.28. The molecule has 7 heteroatoms. The predicted octanol–water partition coefficient (Wildman–Crippen LogP) is 7.35. The normalized spacial score (nSPS) is 14.9. The summed E-state index contributed by atoms with van der Waals surface area (Å²) in [4.78, 5) is 17.7. The zero-order chi connectivity index (χ0) is 24.3. The van der Waals surface area contributed by atoms with Crippen LogP contribution in [0.15, 0.2) is 58.5 Å². The molecule has 33 heavy (non-hydrogen) atoms. The van der Waals surface area contributed by atoms with Gasteiger partial charge in [0.1, 0.15) is 0 Å². The van der Waals surface area contributed by atoms with Crippen molar-refractivity contribution in [2.24, 2.45) is 11.3 Å². The number of allylic oxidation sites excluding steroid dienone is 1. The molecule has 0 spiro atoms. The molecule has 1 aliphatic rings. The molecule has 0 aromatic heterocycles. The van der Waals surface area contributed by atoms with Gasteiger partial charge in [-0.05, 0) is 49.1 Å². The lowest BCUT2D eigenvalue weighted by Gasteiger charge is -2.40. The fraction of sp³-hybridized carbons (Fsp3) is 0.423. The molecule has 0 aliphatic carbocycles. The second-order valence-corrected chi connectivity index (χ2v) is 11.5. The molecule has 1 saturated heterocycles. The van der Waals surface area contributed by atoms with Crippen LogP contribution in [0.3, 0.4) is 0 Å². The highest BCUT2D eigenvalue weighted by Crippen LogP contribution is 2.42. The molecule has 1 amide bonds. The molecular weight excluding hydrogens is 473 g/mol. The summed E-state index contributed by atoms with van der Waals surface area (Å²) in [6.45, 7) is 15.0. The van der Waals surface area contributed by atoms with E-state index in [-0.39, 0.29) is 11.3 Å². The van der Waals surface area contributed by atoms with Gasteiger partial charge in [-0.1, -0.05) is 68.4 Å². The lowest BCUT2D eigenvalue weighted by Crippen LogP contribution is -2.41. The SMILES string of the molecule is C=C(N(CC1CCN(C(C)=O)CC1)c1ccc(Sc2c(Cl)cccc2Cl)cc1N)C(C)(C)C. The Morgan fingerprint density at radius 3 is 2.30 bits per heavy atom. The van der Waals surface area contributed by atoms with Crippen molar-refractivity contribution in [1.29, 1.82) is 0 Å². The van der Waals surface area contributed by atoms with Crippen molar-refractivity contribution < 1.29 is 4.79 Å². The summed E-state index contributed by atoms with van der Waals surface area (Å²) in [5.41, 5.74) is 9.15. The van der Waals surface area contributed by atoms with Crippen LogP contribution in [0.2, 0.25) is 10.0 Å². The summed E-state index contributed by atoms with van der Waals surface area (Å²) in [7, 11) is 0. The molecular formula is C26H33Cl2N3OS. The maximum Gasteiger partial charge on any atom is 0.219 e. The van der Waals surface area contributed by atoms with Crippen molar-refractivity contribution >= 4 is 52.2 Å². The average molecular weight is 507 g/mol. The van der Waals surface area contributed by atoms with Crippen LogP contribution in [0.4, 0.5) is 11.4 Å². The largest absolute Gasteiger partial charge is 0.397 e. The third kappa shape index (κ3) is 6.40. The first-order valence-corrected chi connectivity index (χ1v) is 12.8. The number of nitrogens with zero attached hydrogens (tertiary/aromatic N) is 2. The molecule has 178 valence electrons. The van der Waals surface area contributed by atoms with Crippen molar-refractivity contribution in [3.63, 3.8) is 0 Å². The summed E-state index contributed by atoms with van der Waals surface area (Å²) < 4.78 is 0. The Balaban J connectivity index is 1.84. The van der Waals surface area contributed by atoms with Gasteiger partial charge >= 0.3 is 0 Å². The number of anilines is 2. The van der Waals surface area contributed by atoms with Gasteiger partial charge in [0, 0.05) is 47.5 Å². The van der Waals surface area contributed by atoms with E-state index in [1.165, 1.54) is 11.8 Å². The molecule has 0 bridgehead atoms. The number of nitrogen functional groups attached to an aromatic ring is 1. The summed E-state index contributed by atoms with van der Waals surface area (Å²) in [5.74, 6) is 0.621. The Bertz CT molecular complexity index is 1010. The Morgan fingerprint density at radius 2 is 1.79 bits per heavy atom.